The van der Waals surface area contributed by atoms with Gasteiger partial charge in [-0.15, -0.1) is 0 Å². The minimum atomic E-state index is -0.932. The SMILES string of the molecule is Cc1ncn(CCc2c[nH]c3ccccc23)c1C(=O)O. The van der Waals surface area contributed by atoms with E-state index in [4.69, 9.17) is 0 Å². The van der Waals surface area contributed by atoms with Crippen LogP contribution < -0.4 is 0 Å². The van der Waals surface area contributed by atoms with E-state index in [-0.39, 0.29) is 5.69 Å². The van der Waals surface area contributed by atoms with Crippen LogP contribution in [-0.2, 0) is 13.0 Å². The Balaban J connectivity index is 1.85. The van der Waals surface area contributed by atoms with E-state index < -0.39 is 5.97 Å². The number of benzene rings is 1. The van der Waals surface area contributed by atoms with Crippen molar-refractivity contribution in [3.05, 3.63) is 53.7 Å². The number of para-hydroxylation sites is 1. The fraction of sp³-hybridized carbons (Fsp3) is 0.200. The minimum Gasteiger partial charge on any atom is -0.477 e. The van der Waals surface area contributed by atoms with Gasteiger partial charge >= 0.3 is 5.97 Å². The lowest BCUT2D eigenvalue weighted by molar-refractivity contribution is 0.0684. The Hall–Kier alpha value is -2.56. The first-order valence-electron chi connectivity index (χ1n) is 6.47. The molecule has 5 nitrogen and oxygen atoms in total. The number of rotatable bonds is 4. The van der Waals surface area contributed by atoms with Gasteiger partial charge in [0.05, 0.1) is 12.0 Å². The van der Waals surface area contributed by atoms with Crippen LogP contribution >= 0.6 is 0 Å². The fourth-order valence-electron chi connectivity index (χ4n) is 2.51. The molecule has 3 rings (SSSR count). The predicted octanol–water partition coefficient (Wildman–Crippen LogP) is 2.61. The van der Waals surface area contributed by atoms with Crippen LogP contribution in [0.4, 0.5) is 0 Å². The zero-order chi connectivity index (χ0) is 14.1. The van der Waals surface area contributed by atoms with Gasteiger partial charge in [0.25, 0.3) is 0 Å². The second kappa shape index (κ2) is 4.85. The Morgan fingerprint density at radius 1 is 1.40 bits per heavy atom. The van der Waals surface area contributed by atoms with Crippen molar-refractivity contribution in [1.29, 1.82) is 0 Å². The summed E-state index contributed by atoms with van der Waals surface area (Å²) >= 11 is 0. The zero-order valence-electron chi connectivity index (χ0n) is 11.1. The van der Waals surface area contributed by atoms with Crippen LogP contribution in [0.2, 0.25) is 0 Å². The van der Waals surface area contributed by atoms with Crippen LogP contribution in [0.1, 0.15) is 21.7 Å². The number of carboxylic acid groups (broad SMARTS) is 1. The molecule has 2 heterocycles. The molecule has 0 bridgehead atoms. The molecule has 3 aromatic rings. The molecule has 0 aliphatic rings. The summed E-state index contributed by atoms with van der Waals surface area (Å²) in [5, 5.41) is 10.4. The van der Waals surface area contributed by atoms with Crippen LogP contribution in [0.5, 0.6) is 0 Å². The second-order valence-electron chi connectivity index (χ2n) is 4.79. The van der Waals surface area contributed by atoms with E-state index in [1.54, 1.807) is 17.8 Å². The molecule has 0 saturated carbocycles. The number of aromatic amines is 1. The van der Waals surface area contributed by atoms with Crippen molar-refractivity contribution in [2.75, 3.05) is 0 Å². The number of aromatic carboxylic acids is 1. The number of nitrogens with zero attached hydrogens (tertiary/aromatic N) is 2. The maximum absolute atomic E-state index is 11.2. The summed E-state index contributed by atoms with van der Waals surface area (Å²) in [6, 6.07) is 8.09. The van der Waals surface area contributed by atoms with Gasteiger partial charge in [0.2, 0.25) is 0 Å². The lowest BCUT2D eigenvalue weighted by atomic mass is 10.1. The van der Waals surface area contributed by atoms with Gasteiger partial charge in [-0.3, -0.25) is 0 Å². The Labute approximate surface area is 115 Å². The monoisotopic (exact) mass is 269 g/mol. The highest BCUT2D eigenvalue weighted by Gasteiger charge is 2.14. The van der Waals surface area contributed by atoms with E-state index in [1.807, 2.05) is 24.4 Å². The number of aryl methyl sites for hydroxylation is 3. The number of carbonyl (C=O) groups is 1. The topological polar surface area (TPSA) is 70.9 Å². The molecule has 0 saturated heterocycles. The molecule has 0 aliphatic heterocycles. The third-order valence-corrected chi connectivity index (χ3v) is 3.52. The average Bonchev–Trinajstić information content (AvgIpc) is 3.00. The lowest BCUT2D eigenvalue weighted by Gasteiger charge is -2.05. The summed E-state index contributed by atoms with van der Waals surface area (Å²) in [6.07, 6.45) is 4.34. The van der Waals surface area contributed by atoms with Crippen molar-refractivity contribution in [1.82, 2.24) is 14.5 Å². The molecule has 1 aromatic carbocycles. The molecule has 20 heavy (non-hydrogen) atoms. The van der Waals surface area contributed by atoms with Gasteiger partial charge in [-0.1, -0.05) is 18.2 Å². The van der Waals surface area contributed by atoms with Gasteiger partial charge in [0, 0.05) is 23.6 Å². The summed E-state index contributed by atoms with van der Waals surface area (Å²) in [5.74, 6) is -0.932. The Morgan fingerprint density at radius 3 is 3.00 bits per heavy atom. The molecule has 5 heteroatoms. The molecule has 2 aromatic heterocycles. The van der Waals surface area contributed by atoms with Crippen LogP contribution in [0.15, 0.2) is 36.8 Å². The van der Waals surface area contributed by atoms with Gasteiger partial charge in [0.1, 0.15) is 5.69 Å². The molecular weight excluding hydrogens is 254 g/mol. The Bertz CT molecular complexity index is 770. The second-order valence-corrected chi connectivity index (χ2v) is 4.79. The predicted molar refractivity (Wildman–Crippen MR) is 75.9 cm³/mol. The molecule has 0 radical (unpaired) electrons. The highest BCUT2D eigenvalue weighted by molar-refractivity contribution is 5.87. The molecule has 0 atom stereocenters. The van der Waals surface area contributed by atoms with Gasteiger partial charge in [-0.2, -0.15) is 0 Å². The quantitative estimate of drug-likeness (QED) is 0.764. The number of hydrogen-bond donors (Lipinski definition) is 2. The Kier molecular flexibility index (Phi) is 3.02. The van der Waals surface area contributed by atoms with Crippen molar-refractivity contribution < 1.29 is 9.90 Å². The molecular formula is C15H15N3O2. The number of nitrogens with one attached hydrogen (secondary N) is 1. The molecule has 2 N–H and O–H groups in total. The van der Waals surface area contributed by atoms with Crippen LogP contribution in [0, 0.1) is 6.92 Å². The summed E-state index contributed by atoms with van der Waals surface area (Å²) in [4.78, 5) is 18.5. The van der Waals surface area contributed by atoms with Gasteiger partial charge in [-0.05, 0) is 25.0 Å². The number of carboxylic acids is 1. The van der Waals surface area contributed by atoms with Crippen LogP contribution in [-0.4, -0.2) is 25.6 Å². The van der Waals surface area contributed by atoms with Crippen LogP contribution in [0.3, 0.4) is 0 Å². The largest absolute Gasteiger partial charge is 0.477 e. The normalized spacial score (nSPS) is 11.1. The van der Waals surface area contributed by atoms with Crippen molar-refractivity contribution in [2.24, 2.45) is 0 Å². The molecule has 0 unspecified atom stereocenters. The van der Waals surface area contributed by atoms with Crippen molar-refractivity contribution in [2.45, 2.75) is 19.9 Å². The summed E-state index contributed by atoms with van der Waals surface area (Å²) in [5.41, 5.74) is 3.10. The fourth-order valence-corrected chi connectivity index (χ4v) is 2.51. The first-order valence-corrected chi connectivity index (χ1v) is 6.47. The number of hydrogen-bond acceptors (Lipinski definition) is 2. The molecule has 0 fully saturated rings. The van der Waals surface area contributed by atoms with E-state index in [9.17, 15) is 9.90 Å². The van der Waals surface area contributed by atoms with E-state index in [1.165, 1.54) is 10.9 Å². The number of aromatic nitrogens is 3. The number of imidazole rings is 1. The van der Waals surface area contributed by atoms with E-state index in [2.05, 4.69) is 16.0 Å². The minimum absolute atomic E-state index is 0.268. The van der Waals surface area contributed by atoms with Gasteiger partial charge in [0.15, 0.2) is 0 Å². The average molecular weight is 269 g/mol. The van der Waals surface area contributed by atoms with E-state index in [0.29, 0.717) is 12.2 Å². The smallest absolute Gasteiger partial charge is 0.354 e. The Morgan fingerprint density at radius 2 is 2.20 bits per heavy atom. The van der Waals surface area contributed by atoms with Crippen molar-refractivity contribution >= 4 is 16.9 Å². The standard InChI is InChI=1S/C15H15N3O2/c1-10-14(15(19)20)18(9-17-10)7-6-11-8-16-13-5-3-2-4-12(11)13/h2-5,8-9,16H,6-7H2,1H3,(H,19,20). The van der Waals surface area contributed by atoms with Crippen LogP contribution in [0.25, 0.3) is 10.9 Å². The highest BCUT2D eigenvalue weighted by Crippen LogP contribution is 2.19. The van der Waals surface area contributed by atoms with Gasteiger partial charge in [-0.25, -0.2) is 9.78 Å². The number of fused-ring (bicyclic) bond motifs is 1. The first-order chi connectivity index (χ1) is 9.66. The van der Waals surface area contributed by atoms with Gasteiger partial charge < -0.3 is 14.7 Å². The first kappa shape index (κ1) is 12.5. The number of H-pyrrole nitrogens is 1. The summed E-state index contributed by atoms with van der Waals surface area (Å²) in [6.45, 7) is 2.32. The van der Waals surface area contributed by atoms with Crippen molar-refractivity contribution in [3.63, 3.8) is 0 Å². The van der Waals surface area contributed by atoms with E-state index in [0.717, 1.165) is 11.9 Å². The summed E-state index contributed by atoms with van der Waals surface area (Å²) in [7, 11) is 0. The maximum Gasteiger partial charge on any atom is 0.354 e. The molecule has 102 valence electrons. The van der Waals surface area contributed by atoms with E-state index >= 15 is 0 Å². The zero-order valence-corrected chi connectivity index (χ0v) is 11.1. The highest BCUT2D eigenvalue weighted by atomic mass is 16.4. The van der Waals surface area contributed by atoms with Crippen molar-refractivity contribution in [3.8, 4) is 0 Å². The molecule has 0 spiro atoms. The maximum atomic E-state index is 11.2. The lowest BCUT2D eigenvalue weighted by Crippen LogP contribution is -2.10. The third kappa shape index (κ3) is 2.07. The molecule has 0 amide bonds. The third-order valence-electron chi connectivity index (χ3n) is 3.52. The summed E-state index contributed by atoms with van der Waals surface area (Å²) < 4.78 is 1.69. The molecule has 0 aliphatic carbocycles.